The quantitative estimate of drug-likeness (QED) is 0.239. The number of allylic oxidation sites excluding steroid dienone is 1. The fourth-order valence-corrected chi connectivity index (χ4v) is 4.34. The van der Waals surface area contributed by atoms with Crippen LogP contribution in [0.3, 0.4) is 0 Å². The molecule has 1 aliphatic heterocycles. The maximum Gasteiger partial charge on any atom is 0.632 e. The molecule has 0 saturated heterocycles. The Kier molecular flexibility index (Phi) is 7.10. The van der Waals surface area contributed by atoms with Crippen LogP contribution in [-0.2, 0) is 0 Å². The zero-order chi connectivity index (χ0) is 24.9. The first-order chi connectivity index (χ1) is 17.6. The Balaban J connectivity index is 1.44. The highest BCUT2D eigenvalue weighted by molar-refractivity contribution is 6.63. The van der Waals surface area contributed by atoms with Gasteiger partial charge in [0.2, 0.25) is 0 Å². The van der Waals surface area contributed by atoms with Crippen molar-refractivity contribution in [2.24, 2.45) is 0 Å². The zero-order valence-corrected chi connectivity index (χ0v) is 21.0. The summed E-state index contributed by atoms with van der Waals surface area (Å²) in [7, 11) is 3.66. The second kappa shape index (κ2) is 10.8. The van der Waals surface area contributed by atoms with Crippen LogP contribution < -0.4 is 19.5 Å². The summed E-state index contributed by atoms with van der Waals surface area (Å²) in [5.41, 5.74) is 6.85. The molecule has 0 aromatic heterocycles. The number of likely N-dealkylation sites (N-methyl/N-ethyl adjacent to an activating group) is 1. The van der Waals surface area contributed by atoms with E-state index in [9.17, 15) is 0 Å². The Bertz CT molecular complexity index is 1310. The Hall–Kier alpha value is -3.96. The van der Waals surface area contributed by atoms with E-state index >= 15 is 0 Å². The predicted octanol–water partition coefficient (Wildman–Crippen LogP) is 5.77. The molecule has 4 aromatic rings. The van der Waals surface area contributed by atoms with Gasteiger partial charge in [0.05, 0.1) is 0 Å². The average Bonchev–Trinajstić information content (AvgIpc) is 3.35. The molecule has 0 radical (unpaired) electrons. The van der Waals surface area contributed by atoms with Crippen LogP contribution in [0.1, 0.15) is 23.6 Å². The van der Waals surface area contributed by atoms with Gasteiger partial charge in [-0.2, -0.15) is 0 Å². The molecular weight excluding hydrogens is 445 g/mol. The van der Waals surface area contributed by atoms with Crippen molar-refractivity contribution in [1.82, 2.24) is 4.90 Å². The minimum absolute atomic E-state index is 0.433. The Labute approximate surface area is 213 Å². The van der Waals surface area contributed by atoms with Gasteiger partial charge in [0.15, 0.2) is 0 Å². The molecule has 36 heavy (non-hydrogen) atoms. The van der Waals surface area contributed by atoms with Gasteiger partial charge in [-0.05, 0) is 73.1 Å². The topological polar surface area (TPSA) is 30.9 Å². The van der Waals surface area contributed by atoms with E-state index in [1.54, 1.807) is 0 Å². The summed E-state index contributed by atoms with van der Waals surface area (Å²) in [5.74, 6) is 2.43. The SMILES string of the molecule is C/C(=C(/c1ccc(OCCN(C)C)cc1)c1ccc(B2Oc3ccccc3O2)cc1)c1ccccc1. The fraction of sp³-hybridized carbons (Fsp3) is 0.161. The molecule has 5 rings (SSSR count). The maximum absolute atomic E-state index is 6.00. The standard InChI is InChI=1S/C31H30BNO3/c1-23(24-9-5-4-6-10-24)31(26-15-19-28(20-16-26)34-22-21-33(2)3)25-13-17-27(18-14-25)32-35-29-11-7-8-12-30(29)36-32/h4-20H,21-22H2,1-3H3/b31-23-. The molecule has 0 fully saturated rings. The molecule has 0 unspecified atom stereocenters. The average molecular weight is 475 g/mol. The lowest BCUT2D eigenvalue weighted by atomic mass is 9.78. The first-order valence-electron chi connectivity index (χ1n) is 12.3. The van der Waals surface area contributed by atoms with E-state index in [2.05, 4.69) is 84.6 Å². The van der Waals surface area contributed by atoms with Crippen LogP contribution in [0.4, 0.5) is 0 Å². The van der Waals surface area contributed by atoms with Crippen LogP contribution in [0.25, 0.3) is 11.1 Å². The lowest BCUT2D eigenvalue weighted by molar-refractivity contribution is 0.261. The second-order valence-electron chi connectivity index (χ2n) is 9.18. The molecule has 0 saturated carbocycles. The lowest BCUT2D eigenvalue weighted by Gasteiger charge is -2.16. The van der Waals surface area contributed by atoms with E-state index in [0.29, 0.717) is 6.61 Å². The van der Waals surface area contributed by atoms with Crippen LogP contribution in [0.2, 0.25) is 0 Å². The molecule has 0 amide bonds. The molecule has 4 nitrogen and oxygen atoms in total. The monoisotopic (exact) mass is 475 g/mol. The first-order valence-corrected chi connectivity index (χ1v) is 12.3. The molecule has 5 heteroatoms. The van der Waals surface area contributed by atoms with Crippen molar-refractivity contribution in [3.05, 3.63) is 120 Å². The van der Waals surface area contributed by atoms with Crippen LogP contribution in [0.5, 0.6) is 17.2 Å². The molecule has 4 aromatic carbocycles. The smallest absolute Gasteiger partial charge is 0.519 e. The summed E-state index contributed by atoms with van der Waals surface area (Å²) in [5, 5.41) is 0. The highest BCUT2D eigenvalue weighted by Crippen LogP contribution is 2.34. The van der Waals surface area contributed by atoms with Crippen molar-refractivity contribution in [3.8, 4) is 17.2 Å². The van der Waals surface area contributed by atoms with Gasteiger partial charge >= 0.3 is 7.12 Å². The highest BCUT2D eigenvalue weighted by Gasteiger charge is 2.33. The minimum Gasteiger partial charge on any atom is -0.519 e. The van der Waals surface area contributed by atoms with E-state index in [-0.39, 0.29) is 0 Å². The second-order valence-corrected chi connectivity index (χ2v) is 9.18. The summed E-state index contributed by atoms with van der Waals surface area (Å²) >= 11 is 0. The number of hydrogen-bond acceptors (Lipinski definition) is 4. The van der Waals surface area contributed by atoms with Gasteiger partial charge in [-0.25, -0.2) is 0 Å². The number of ether oxygens (including phenoxy) is 1. The number of rotatable bonds is 8. The summed E-state index contributed by atoms with van der Waals surface area (Å²) in [6.07, 6.45) is 0. The normalized spacial score (nSPS) is 13.1. The van der Waals surface area contributed by atoms with E-state index in [4.69, 9.17) is 14.0 Å². The summed E-state index contributed by atoms with van der Waals surface area (Å²) in [4.78, 5) is 2.11. The van der Waals surface area contributed by atoms with E-state index < -0.39 is 7.12 Å². The van der Waals surface area contributed by atoms with E-state index in [0.717, 1.165) is 40.4 Å². The van der Waals surface area contributed by atoms with Crippen molar-refractivity contribution in [3.63, 3.8) is 0 Å². The van der Waals surface area contributed by atoms with Crippen molar-refractivity contribution >= 4 is 23.7 Å². The first kappa shape index (κ1) is 23.8. The molecule has 0 aliphatic carbocycles. The summed E-state index contributed by atoms with van der Waals surface area (Å²) in [6, 6.07) is 35.1. The van der Waals surface area contributed by atoms with Gasteiger partial charge in [-0.1, -0.05) is 78.9 Å². The van der Waals surface area contributed by atoms with Gasteiger partial charge in [-0.3, -0.25) is 0 Å². The van der Waals surface area contributed by atoms with Crippen molar-refractivity contribution in [2.45, 2.75) is 6.92 Å². The molecule has 0 atom stereocenters. The van der Waals surface area contributed by atoms with Crippen LogP contribution in [-0.4, -0.2) is 39.3 Å². The van der Waals surface area contributed by atoms with Gasteiger partial charge in [0.25, 0.3) is 0 Å². The van der Waals surface area contributed by atoms with Gasteiger partial charge < -0.3 is 18.9 Å². The van der Waals surface area contributed by atoms with E-state index in [1.807, 2.05) is 44.4 Å². The summed E-state index contributed by atoms with van der Waals surface area (Å²) < 4.78 is 17.9. The van der Waals surface area contributed by atoms with Crippen LogP contribution in [0.15, 0.2) is 103 Å². The molecular formula is C31H30BNO3. The van der Waals surface area contributed by atoms with Crippen molar-refractivity contribution in [1.29, 1.82) is 0 Å². The van der Waals surface area contributed by atoms with E-state index in [1.165, 1.54) is 16.7 Å². The number of hydrogen-bond donors (Lipinski definition) is 0. The molecule has 1 aliphatic rings. The number of benzene rings is 4. The van der Waals surface area contributed by atoms with Crippen LogP contribution >= 0.6 is 0 Å². The Morgan fingerprint density at radius 3 is 1.83 bits per heavy atom. The van der Waals surface area contributed by atoms with Crippen molar-refractivity contribution in [2.75, 3.05) is 27.2 Å². The lowest BCUT2D eigenvalue weighted by Crippen LogP contribution is -2.38. The third kappa shape index (κ3) is 5.32. The third-order valence-electron chi connectivity index (χ3n) is 6.32. The zero-order valence-electron chi connectivity index (χ0n) is 21.0. The molecule has 0 bridgehead atoms. The number of para-hydroxylation sites is 2. The fourth-order valence-electron chi connectivity index (χ4n) is 4.34. The third-order valence-corrected chi connectivity index (χ3v) is 6.32. The van der Waals surface area contributed by atoms with Gasteiger partial charge in [0, 0.05) is 12.0 Å². The number of nitrogens with zero attached hydrogens (tertiary/aromatic N) is 1. The highest BCUT2D eigenvalue weighted by atomic mass is 16.6. The Morgan fingerprint density at radius 1 is 0.694 bits per heavy atom. The minimum atomic E-state index is -0.433. The van der Waals surface area contributed by atoms with Crippen molar-refractivity contribution < 1.29 is 14.0 Å². The Morgan fingerprint density at radius 2 is 1.25 bits per heavy atom. The predicted molar refractivity (Wildman–Crippen MR) is 148 cm³/mol. The number of fused-ring (bicyclic) bond motifs is 1. The van der Waals surface area contributed by atoms with Gasteiger partial charge in [0.1, 0.15) is 23.9 Å². The maximum atomic E-state index is 6.00. The molecule has 0 N–H and O–H groups in total. The summed E-state index contributed by atoms with van der Waals surface area (Å²) in [6.45, 7) is 3.72. The molecule has 0 spiro atoms. The van der Waals surface area contributed by atoms with Crippen LogP contribution in [0, 0.1) is 0 Å². The molecule has 1 heterocycles. The molecule has 180 valence electrons. The largest absolute Gasteiger partial charge is 0.632 e. The van der Waals surface area contributed by atoms with Gasteiger partial charge in [-0.15, -0.1) is 0 Å².